The van der Waals surface area contributed by atoms with Crippen LogP contribution in [0.25, 0.3) is 16.5 Å². The average Bonchev–Trinajstić information content (AvgIpc) is 3.70. The molecule has 0 bridgehead atoms. The summed E-state index contributed by atoms with van der Waals surface area (Å²) in [5.41, 5.74) is 6.19. The number of pyridine rings is 1. The Morgan fingerprint density at radius 3 is 2.68 bits per heavy atom. The third-order valence-corrected chi connectivity index (χ3v) is 7.40. The van der Waals surface area contributed by atoms with Gasteiger partial charge in [-0.05, 0) is 66.8 Å². The summed E-state index contributed by atoms with van der Waals surface area (Å²) in [5.74, 6) is -1.58. The Morgan fingerprint density at radius 2 is 1.98 bits per heavy atom. The van der Waals surface area contributed by atoms with Gasteiger partial charge in [0.1, 0.15) is 11.2 Å². The molecule has 1 atom stereocenters. The molecule has 11 nitrogen and oxygen atoms in total. The van der Waals surface area contributed by atoms with Gasteiger partial charge in [-0.25, -0.2) is 4.39 Å². The molecule has 3 aromatic heterocycles. The number of halogens is 1. The lowest BCUT2D eigenvalue weighted by Gasteiger charge is -2.25. The molecule has 0 spiro atoms. The van der Waals surface area contributed by atoms with Gasteiger partial charge in [0.05, 0.1) is 23.0 Å². The molecule has 0 amide bonds. The summed E-state index contributed by atoms with van der Waals surface area (Å²) in [6.45, 7) is 1.48. The van der Waals surface area contributed by atoms with E-state index in [9.17, 15) is 14.7 Å². The minimum absolute atomic E-state index is 0.0101. The first-order valence-electron chi connectivity index (χ1n) is 13.1. The Hall–Kier alpha value is -5.13. The van der Waals surface area contributed by atoms with E-state index in [0.717, 1.165) is 18.4 Å². The molecule has 4 N–H and O–H groups in total. The van der Waals surface area contributed by atoms with Crippen LogP contribution in [0.1, 0.15) is 42.6 Å². The molecule has 12 heteroatoms. The number of hydrogen-bond acceptors (Lipinski definition) is 8. The van der Waals surface area contributed by atoms with Crippen molar-refractivity contribution in [1.82, 2.24) is 29.3 Å². The SMILES string of the molecule is Cn1cc(Nc2nc(N)nc(C(C)(Cc3ccccc3-n3ccc4cc(C5CC5)cc(F)c4c3=O)C(=O)O)n2)cn1. The zero-order valence-corrected chi connectivity index (χ0v) is 22.4. The molecular weight excluding hydrogens is 527 g/mol. The quantitative estimate of drug-likeness (QED) is 0.260. The first-order chi connectivity index (χ1) is 19.6. The van der Waals surface area contributed by atoms with Crippen LogP contribution in [-0.4, -0.2) is 40.4 Å². The highest BCUT2D eigenvalue weighted by atomic mass is 19.1. The molecule has 1 aliphatic carbocycles. The largest absolute Gasteiger partial charge is 0.480 e. The van der Waals surface area contributed by atoms with Gasteiger partial charge >= 0.3 is 5.97 Å². The number of hydrogen-bond donors (Lipinski definition) is 3. The summed E-state index contributed by atoms with van der Waals surface area (Å²) < 4.78 is 18.1. The van der Waals surface area contributed by atoms with E-state index in [4.69, 9.17) is 5.73 Å². The number of nitrogens with two attached hydrogens (primary N) is 1. The average molecular weight is 555 g/mol. The topological polar surface area (TPSA) is 154 Å². The number of para-hydroxylation sites is 1. The molecule has 0 saturated heterocycles. The first-order valence-corrected chi connectivity index (χ1v) is 13.1. The normalized spacial score (nSPS) is 14.6. The third kappa shape index (κ3) is 4.88. The molecule has 2 aromatic carbocycles. The van der Waals surface area contributed by atoms with Crippen molar-refractivity contribution in [2.75, 3.05) is 11.1 Å². The molecule has 0 radical (unpaired) electrons. The van der Waals surface area contributed by atoms with Crippen LogP contribution in [0.3, 0.4) is 0 Å². The maximum Gasteiger partial charge on any atom is 0.317 e. The fourth-order valence-electron chi connectivity index (χ4n) is 5.03. The van der Waals surface area contributed by atoms with Crippen LogP contribution in [-0.2, 0) is 23.7 Å². The number of nitrogens with one attached hydrogen (secondary N) is 1. The standard InChI is InChI=1S/C29H27FN8O3/c1-29(26(40)41,25-34-27(31)36-28(35-25)33-20-14-32-37(2)15-20)13-18-5-3-4-6-22(18)38-10-9-17-11-19(16-7-8-16)12-21(30)23(17)24(38)39/h3-6,9-12,14-16H,7-8,13H2,1-2H3,(H,40,41)(H3,31,33,34,35,36). The van der Waals surface area contributed by atoms with Crippen molar-refractivity contribution < 1.29 is 14.3 Å². The summed E-state index contributed by atoms with van der Waals surface area (Å²) in [6, 6.07) is 11.9. The van der Waals surface area contributed by atoms with Gasteiger partial charge in [-0.1, -0.05) is 24.3 Å². The van der Waals surface area contributed by atoms with Gasteiger partial charge in [0.2, 0.25) is 11.9 Å². The molecule has 1 aliphatic rings. The van der Waals surface area contributed by atoms with Crippen LogP contribution in [0.15, 0.2) is 65.8 Å². The van der Waals surface area contributed by atoms with Crippen molar-refractivity contribution in [2.24, 2.45) is 7.05 Å². The van der Waals surface area contributed by atoms with E-state index in [-0.39, 0.29) is 29.5 Å². The molecule has 0 aliphatic heterocycles. The van der Waals surface area contributed by atoms with Crippen LogP contribution in [0.2, 0.25) is 0 Å². The summed E-state index contributed by atoms with van der Waals surface area (Å²) in [7, 11) is 1.75. The number of carbonyl (C=O) groups is 1. The molecule has 1 unspecified atom stereocenters. The maximum atomic E-state index is 15.2. The number of fused-ring (bicyclic) bond motifs is 1. The number of carboxylic acids is 1. The van der Waals surface area contributed by atoms with Crippen LogP contribution in [0, 0.1) is 5.82 Å². The van der Waals surface area contributed by atoms with E-state index in [1.807, 2.05) is 6.07 Å². The molecule has 1 saturated carbocycles. The molecule has 5 aromatic rings. The summed E-state index contributed by atoms with van der Waals surface area (Å²) in [6.07, 6.45) is 6.79. The summed E-state index contributed by atoms with van der Waals surface area (Å²) in [4.78, 5) is 38.9. The van der Waals surface area contributed by atoms with Crippen LogP contribution in [0.5, 0.6) is 0 Å². The Bertz CT molecular complexity index is 1880. The lowest BCUT2D eigenvalue weighted by molar-refractivity contribution is -0.143. The number of aliphatic carboxylic acids is 1. The number of nitrogen functional groups attached to an aromatic ring is 1. The molecule has 208 valence electrons. The molecule has 1 fully saturated rings. The number of benzene rings is 2. The molecule has 3 heterocycles. The van der Waals surface area contributed by atoms with Crippen molar-refractivity contribution >= 4 is 34.3 Å². The smallest absolute Gasteiger partial charge is 0.317 e. The Morgan fingerprint density at radius 1 is 1.20 bits per heavy atom. The van der Waals surface area contributed by atoms with Crippen molar-refractivity contribution in [2.45, 2.75) is 37.5 Å². The highest BCUT2D eigenvalue weighted by Crippen LogP contribution is 2.41. The maximum absolute atomic E-state index is 15.2. The van der Waals surface area contributed by atoms with E-state index < -0.39 is 22.8 Å². The fraction of sp³-hybridized carbons (Fsp3) is 0.241. The number of aryl methyl sites for hydroxylation is 1. The zero-order valence-electron chi connectivity index (χ0n) is 22.4. The number of anilines is 3. The third-order valence-electron chi connectivity index (χ3n) is 7.40. The second-order valence-corrected chi connectivity index (χ2v) is 10.5. The predicted octanol–water partition coefficient (Wildman–Crippen LogP) is 3.84. The second kappa shape index (κ2) is 9.81. The van der Waals surface area contributed by atoms with E-state index in [1.54, 1.807) is 60.7 Å². The van der Waals surface area contributed by atoms with Gasteiger partial charge in [-0.3, -0.25) is 18.8 Å². The van der Waals surface area contributed by atoms with Crippen LogP contribution in [0.4, 0.5) is 22.0 Å². The number of nitrogens with zero attached hydrogens (tertiary/aromatic N) is 6. The van der Waals surface area contributed by atoms with Crippen molar-refractivity contribution in [3.05, 3.63) is 94.2 Å². The second-order valence-electron chi connectivity index (χ2n) is 10.5. The monoisotopic (exact) mass is 554 g/mol. The Balaban J connectivity index is 1.41. The number of carboxylic acid groups (broad SMARTS) is 1. The van der Waals surface area contributed by atoms with Crippen molar-refractivity contribution in [3.63, 3.8) is 0 Å². The van der Waals surface area contributed by atoms with Gasteiger partial charge in [-0.2, -0.15) is 20.1 Å². The van der Waals surface area contributed by atoms with Crippen LogP contribution >= 0.6 is 0 Å². The zero-order chi connectivity index (χ0) is 28.9. The first kappa shape index (κ1) is 26.1. The highest BCUT2D eigenvalue weighted by Gasteiger charge is 2.40. The Kier molecular flexibility index (Phi) is 6.24. The minimum Gasteiger partial charge on any atom is -0.480 e. The lowest BCUT2D eigenvalue weighted by Crippen LogP contribution is -2.38. The predicted molar refractivity (Wildman–Crippen MR) is 151 cm³/mol. The van der Waals surface area contributed by atoms with Gasteiger partial charge < -0.3 is 16.2 Å². The lowest BCUT2D eigenvalue weighted by atomic mass is 9.82. The number of aromatic nitrogens is 6. The summed E-state index contributed by atoms with van der Waals surface area (Å²) >= 11 is 0. The van der Waals surface area contributed by atoms with Gasteiger partial charge in [-0.15, -0.1) is 0 Å². The van der Waals surface area contributed by atoms with Gasteiger partial charge in [0, 0.05) is 19.4 Å². The van der Waals surface area contributed by atoms with Crippen molar-refractivity contribution in [1.29, 1.82) is 0 Å². The van der Waals surface area contributed by atoms with Gasteiger partial charge in [0.15, 0.2) is 5.82 Å². The fourth-order valence-corrected chi connectivity index (χ4v) is 5.03. The van der Waals surface area contributed by atoms with E-state index >= 15 is 4.39 Å². The molecule has 6 rings (SSSR count). The number of rotatable bonds is 8. The van der Waals surface area contributed by atoms with Gasteiger partial charge in [0.25, 0.3) is 5.56 Å². The molecule has 41 heavy (non-hydrogen) atoms. The van der Waals surface area contributed by atoms with Crippen molar-refractivity contribution in [3.8, 4) is 5.69 Å². The minimum atomic E-state index is -1.66. The highest BCUT2D eigenvalue weighted by molar-refractivity contribution is 5.84. The molecular formula is C29H27FN8O3. The Labute approximate surface area is 233 Å². The van der Waals surface area contributed by atoms with E-state index in [1.165, 1.54) is 17.6 Å². The summed E-state index contributed by atoms with van der Waals surface area (Å²) in [5, 5.41) is 18.0. The van der Waals surface area contributed by atoms with E-state index in [0.29, 0.717) is 28.2 Å². The van der Waals surface area contributed by atoms with E-state index in [2.05, 4.69) is 25.4 Å². The van der Waals surface area contributed by atoms with Crippen LogP contribution < -0.4 is 16.6 Å².